The maximum atomic E-state index is 8.66. The number of likely N-dealkylation sites (tertiary alicyclic amines) is 1. The van der Waals surface area contributed by atoms with Gasteiger partial charge in [0.15, 0.2) is 11.5 Å². The maximum Gasteiger partial charge on any atom is 0.151 e. The number of hydrogen-bond acceptors (Lipinski definition) is 5. The van der Waals surface area contributed by atoms with Gasteiger partial charge in [-0.2, -0.15) is 0 Å². The van der Waals surface area contributed by atoms with Gasteiger partial charge in [-0.05, 0) is 69.2 Å². The molecule has 5 rings (SSSR count). The lowest BCUT2D eigenvalue weighted by atomic mass is 9.99. The van der Waals surface area contributed by atoms with Gasteiger partial charge in [0.05, 0.1) is 17.1 Å². The highest BCUT2D eigenvalue weighted by Crippen LogP contribution is 2.49. The lowest BCUT2D eigenvalue weighted by Crippen LogP contribution is -2.43. The minimum Gasteiger partial charge on any atom is -0.453 e. The highest BCUT2D eigenvalue weighted by atomic mass is 16.5. The van der Waals surface area contributed by atoms with Crippen LogP contribution in [0.3, 0.4) is 0 Å². The van der Waals surface area contributed by atoms with Crippen molar-refractivity contribution in [3.8, 4) is 11.5 Å². The van der Waals surface area contributed by atoms with E-state index in [0.29, 0.717) is 11.9 Å². The number of pyridine rings is 1. The first-order chi connectivity index (χ1) is 16.7. The number of fused-ring (bicyclic) bond motifs is 2. The predicted molar refractivity (Wildman–Crippen MR) is 137 cm³/mol. The molecule has 3 heterocycles. The zero-order chi connectivity index (χ0) is 23.5. The summed E-state index contributed by atoms with van der Waals surface area (Å²) in [5.41, 5.74) is 4.25. The number of benzene rings is 2. The van der Waals surface area contributed by atoms with Gasteiger partial charge in [-0.15, -0.1) is 0 Å². The molecular weight excluding hydrogens is 422 g/mol. The van der Waals surface area contributed by atoms with Crippen LogP contribution in [0.25, 0.3) is 0 Å². The lowest BCUT2D eigenvalue weighted by Gasteiger charge is -2.42. The summed E-state index contributed by atoms with van der Waals surface area (Å²) in [6, 6.07) is 21.1. The smallest absolute Gasteiger partial charge is 0.151 e. The average Bonchev–Trinajstić information content (AvgIpc) is 2.89. The number of nitrogens with one attached hydrogen (secondary N) is 1. The second-order valence-electron chi connectivity index (χ2n) is 8.97. The average molecular weight is 456 g/mol. The van der Waals surface area contributed by atoms with E-state index in [1.807, 2.05) is 30.5 Å². The summed E-state index contributed by atoms with van der Waals surface area (Å²) in [6.07, 6.45) is 4.03. The highest BCUT2D eigenvalue weighted by Gasteiger charge is 2.32. The lowest BCUT2D eigenvalue weighted by molar-refractivity contribution is 0.202. The molecule has 0 unspecified atom stereocenters. The third-order valence-electron chi connectivity index (χ3n) is 6.95. The molecule has 1 fully saturated rings. The Bertz CT molecular complexity index is 1140. The summed E-state index contributed by atoms with van der Waals surface area (Å²) < 4.78 is 6.36. The van der Waals surface area contributed by atoms with Crippen LogP contribution in [0, 0.1) is 5.41 Å². The van der Waals surface area contributed by atoms with Crippen LogP contribution in [0.4, 0.5) is 11.4 Å². The van der Waals surface area contributed by atoms with Gasteiger partial charge < -0.3 is 14.5 Å². The van der Waals surface area contributed by atoms with Gasteiger partial charge in [0.25, 0.3) is 0 Å². The van der Waals surface area contributed by atoms with E-state index in [9.17, 15) is 0 Å². The summed E-state index contributed by atoms with van der Waals surface area (Å²) in [4.78, 5) is 11.5. The summed E-state index contributed by atoms with van der Waals surface area (Å²) in [5, 5.41) is 8.66. The number of anilines is 2. The molecule has 176 valence electrons. The van der Waals surface area contributed by atoms with Crippen LogP contribution in [0.5, 0.6) is 11.5 Å². The number of rotatable bonds is 6. The molecule has 3 aromatic rings. The fourth-order valence-electron chi connectivity index (χ4n) is 5.11. The van der Waals surface area contributed by atoms with Crippen LogP contribution in [0.1, 0.15) is 37.9 Å². The Hall–Kier alpha value is -3.38. The number of ether oxygens (including phenoxy) is 1. The molecule has 1 saturated heterocycles. The molecular formula is C28H33N5O. The normalized spacial score (nSPS) is 15.9. The van der Waals surface area contributed by atoms with Gasteiger partial charge in [-0.1, -0.05) is 18.2 Å². The van der Waals surface area contributed by atoms with E-state index in [1.54, 1.807) is 0 Å². The molecule has 0 amide bonds. The van der Waals surface area contributed by atoms with Crippen molar-refractivity contribution >= 4 is 17.2 Å². The minimum atomic E-state index is 0.400. The van der Waals surface area contributed by atoms with Crippen LogP contribution in [-0.2, 0) is 6.54 Å². The largest absolute Gasteiger partial charge is 0.453 e. The number of aromatic nitrogens is 1. The van der Waals surface area contributed by atoms with Gasteiger partial charge in [0, 0.05) is 50.5 Å². The number of piperidine rings is 1. The Morgan fingerprint density at radius 2 is 1.71 bits per heavy atom. The number of nitrogens with zero attached hydrogens (tertiary/aromatic N) is 4. The third-order valence-corrected chi connectivity index (χ3v) is 6.95. The molecule has 2 aliphatic heterocycles. The fourth-order valence-corrected chi connectivity index (χ4v) is 5.11. The molecule has 0 spiro atoms. The van der Waals surface area contributed by atoms with Crippen molar-refractivity contribution in [1.29, 1.82) is 5.41 Å². The molecule has 34 heavy (non-hydrogen) atoms. The van der Waals surface area contributed by atoms with Gasteiger partial charge in [-0.3, -0.25) is 15.3 Å². The quantitative estimate of drug-likeness (QED) is 0.384. The fraction of sp³-hybridized carbons (Fsp3) is 0.357. The first kappa shape index (κ1) is 22.4. The van der Waals surface area contributed by atoms with E-state index < -0.39 is 0 Å². The van der Waals surface area contributed by atoms with Crippen molar-refractivity contribution in [3.05, 3.63) is 78.1 Å². The van der Waals surface area contributed by atoms with E-state index in [-0.39, 0.29) is 0 Å². The molecule has 6 heteroatoms. The summed E-state index contributed by atoms with van der Waals surface area (Å²) >= 11 is 0. The Morgan fingerprint density at radius 1 is 0.971 bits per heavy atom. The SMILES string of the molecule is CCN(CC)C(=N)c1ccc2c(c1)Oc1ccccc1N2C1CCN(Cc2ccccn2)CC1. The summed E-state index contributed by atoms with van der Waals surface area (Å²) in [5.74, 6) is 2.27. The standard InChI is InChI=1S/C28H33N5O/c1-3-32(4-2)28(29)21-12-13-25-27(19-21)34-26-11-6-5-10-24(26)33(25)23-14-17-31(18-15-23)20-22-9-7-8-16-30-22/h5-13,16,19,23,29H,3-4,14-15,17-18,20H2,1-2H3. The monoisotopic (exact) mass is 455 g/mol. The van der Waals surface area contributed by atoms with Crippen molar-refractivity contribution in [1.82, 2.24) is 14.8 Å². The molecule has 0 aliphatic carbocycles. The Balaban J connectivity index is 1.39. The van der Waals surface area contributed by atoms with Crippen LogP contribution in [0.2, 0.25) is 0 Å². The van der Waals surface area contributed by atoms with Crippen molar-refractivity contribution in [3.63, 3.8) is 0 Å². The van der Waals surface area contributed by atoms with E-state index in [1.165, 1.54) is 0 Å². The Labute approximate surface area is 202 Å². The van der Waals surface area contributed by atoms with Crippen molar-refractivity contribution in [2.24, 2.45) is 0 Å². The maximum absolute atomic E-state index is 8.66. The van der Waals surface area contributed by atoms with E-state index in [2.05, 4.69) is 69.9 Å². The summed E-state index contributed by atoms with van der Waals surface area (Å²) in [6.45, 7) is 8.80. The van der Waals surface area contributed by atoms with Gasteiger partial charge >= 0.3 is 0 Å². The van der Waals surface area contributed by atoms with Crippen LogP contribution >= 0.6 is 0 Å². The van der Waals surface area contributed by atoms with Crippen molar-refractivity contribution in [2.45, 2.75) is 39.3 Å². The third kappa shape index (κ3) is 4.38. The first-order valence-electron chi connectivity index (χ1n) is 12.3. The topological polar surface area (TPSA) is 55.7 Å². The molecule has 0 saturated carbocycles. The van der Waals surface area contributed by atoms with Crippen LogP contribution in [0.15, 0.2) is 66.9 Å². The van der Waals surface area contributed by atoms with Crippen LogP contribution < -0.4 is 9.64 Å². The highest BCUT2D eigenvalue weighted by molar-refractivity contribution is 5.98. The van der Waals surface area contributed by atoms with E-state index >= 15 is 0 Å². The predicted octanol–water partition coefficient (Wildman–Crippen LogP) is 5.66. The number of amidine groups is 1. The van der Waals surface area contributed by atoms with Gasteiger partial charge in [0.1, 0.15) is 5.84 Å². The molecule has 2 aromatic carbocycles. The molecule has 1 N–H and O–H groups in total. The number of para-hydroxylation sites is 2. The van der Waals surface area contributed by atoms with Gasteiger partial charge in [-0.25, -0.2) is 0 Å². The molecule has 1 aromatic heterocycles. The number of hydrogen-bond donors (Lipinski definition) is 1. The molecule has 0 radical (unpaired) electrons. The Kier molecular flexibility index (Phi) is 6.50. The van der Waals surface area contributed by atoms with Crippen molar-refractivity contribution < 1.29 is 4.74 Å². The van der Waals surface area contributed by atoms with E-state index in [4.69, 9.17) is 10.1 Å². The summed E-state index contributed by atoms with van der Waals surface area (Å²) in [7, 11) is 0. The Morgan fingerprint density at radius 3 is 2.44 bits per heavy atom. The minimum absolute atomic E-state index is 0.400. The zero-order valence-corrected chi connectivity index (χ0v) is 20.1. The first-order valence-corrected chi connectivity index (χ1v) is 12.3. The van der Waals surface area contributed by atoms with Crippen LogP contribution in [-0.4, -0.2) is 52.8 Å². The second kappa shape index (κ2) is 9.85. The molecule has 6 nitrogen and oxygen atoms in total. The molecule has 2 aliphatic rings. The van der Waals surface area contributed by atoms with E-state index in [0.717, 1.165) is 79.7 Å². The zero-order valence-electron chi connectivity index (χ0n) is 20.1. The second-order valence-corrected chi connectivity index (χ2v) is 8.97. The van der Waals surface area contributed by atoms with Gasteiger partial charge in [0.2, 0.25) is 0 Å². The molecule has 0 atom stereocenters. The van der Waals surface area contributed by atoms with Crippen molar-refractivity contribution in [2.75, 3.05) is 31.1 Å². The molecule has 0 bridgehead atoms.